The minimum absolute atomic E-state index is 0.0668. The maximum absolute atomic E-state index is 11.2. The van der Waals surface area contributed by atoms with Crippen LogP contribution in [0.15, 0.2) is 42.5 Å². The van der Waals surface area contributed by atoms with Gasteiger partial charge in [-0.1, -0.05) is 26.0 Å². The van der Waals surface area contributed by atoms with E-state index in [1.807, 2.05) is 48.0 Å². The molecule has 3 rings (SSSR count). The van der Waals surface area contributed by atoms with Gasteiger partial charge >= 0.3 is 5.97 Å². The van der Waals surface area contributed by atoms with Gasteiger partial charge in [-0.25, -0.2) is 0 Å². The molecule has 1 aromatic heterocycles. The molecule has 3 aromatic rings. The van der Waals surface area contributed by atoms with Crippen LogP contribution in [0.5, 0.6) is 17.2 Å². The van der Waals surface area contributed by atoms with Crippen LogP contribution in [-0.4, -0.2) is 41.7 Å². The molecule has 0 aliphatic rings. The monoisotopic (exact) mass is 438 g/mol. The number of aromatic nitrogens is 2. The highest BCUT2D eigenvalue weighted by Crippen LogP contribution is 2.40. The SMILES string of the molecule is CCOc1ccc(CC(=O)O)cc1-c1cc(-c2cccc(OC)c2OC)n(CC(C)C)n1. The number of nitrogens with zero attached hydrogens (tertiary/aromatic N) is 2. The van der Waals surface area contributed by atoms with Gasteiger partial charge in [0.25, 0.3) is 0 Å². The average Bonchev–Trinajstić information content (AvgIpc) is 3.16. The molecular weight excluding hydrogens is 408 g/mol. The molecule has 0 amide bonds. The van der Waals surface area contributed by atoms with E-state index in [-0.39, 0.29) is 6.42 Å². The van der Waals surface area contributed by atoms with Crippen LogP contribution in [0.3, 0.4) is 0 Å². The first-order chi connectivity index (χ1) is 15.4. The van der Waals surface area contributed by atoms with Crippen LogP contribution in [0.1, 0.15) is 26.3 Å². The summed E-state index contributed by atoms with van der Waals surface area (Å²) in [6.45, 7) is 7.38. The van der Waals surface area contributed by atoms with Crippen molar-refractivity contribution in [2.75, 3.05) is 20.8 Å². The largest absolute Gasteiger partial charge is 0.493 e. The zero-order valence-corrected chi connectivity index (χ0v) is 19.2. The van der Waals surface area contributed by atoms with Gasteiger partial charge in [-0.3, -0.25) is 9.48 Å². The third-order valence-electron chi connectivity index (χ3n) is 4.97. The standard InChI is InChI=1S/C25H30N2O5/c1-6-32-22-11-10-17(13-24(28)29)12-19(22)20-14-21(27(26-20)15-16(2)3)18-8-7-9-23(30-4)25(18)31-5/h7-12,14,16H,6,13,15H2,1-5H3,(H,28,29). The van der Waals surface area contributed by atoms with Crippen molar-refractivity contribution in [3.63, 3.8) is 0 Å². The molecule has 0 atom stereocenters. The van der Waals surface area contributed by atoms with Crippen molar-refractivity contribution in [1.82, 2.24) is 9.78 Å². The minimum Gasteiger partial charge on any atom is -0.493 e. The second-order valence-electron chi connectivity index (χ2n) is 7.87. The molecule has 0 bridgehead atoms. The third-order valence-corrected chi connectivity index (χ3v) is 4.97. The first-order valence-corrected chi connectivity index (χ1v) is 10.6. The van der Waals surface area contributed by atoms with Crippen molar-refractivity contribution in [3.05, 3.63) is 48.0 Å². The van der Waals surface area contributed by atoms with Crippen molar-refractivity contribution in [3.8, 4) is 39.8 Å². The zero-order valence-electron chi connectivity index (χ0n) is 19.2. The first kappa shape index (κ1) is 23.2. The fourth-order valence-corrected chi connectivity index (χ4v) is 3.68. The van der Waals surface area contributed by atoms with E-state index < -0.39 is 5.97 Å². The van der Waals surface area contributed by atoms with E-state index in [9.17, 15) is 9.90 Å². The number of carboxylic acid groups (broad SMARTS) is 1. The third kappa shape index (κ3) is 5.04. The molecule has 0 unspecified atom stereocenters. The van der Waals surface area contributed by atoms with Gasteiger partial charge in [-0.05, 0) is 48.7 Å². The van der Waals surface area contributed by atoms with Crippen molar-refractivity contribution in [1.29, 1.82) is 0 Å². The quantitative estimate of drug-likeness (QED) is 0.484. The number of carboxylic acids is 1. The maximum atomic E-state index is 11.2. The number of aliphatic carboxylic acids is 1. The summed E-state index contributed by atoms with van der Waals surface area (Å²) in [7, 11) is 3.23. The van der Waals surface area contributed by atoms with Crippen LogP contribution >= 0.6 is 0 Å². The van der Waals surface area contributed by atoms with Crippen LogP contribution in [0.2, 0.25) is 0 Å². The van der Waals surface area contributed by atoms with Crippen LogP contribution < -0.4 is 14.2 Å². The van der Waals surface area contributed by atoms with Gasteiger partial charge in [0.05, 0.1) is 38.6 Å². The molecule has 1 heterocycles. The van der Waals surface area contributed by atoms with E-state index in [2.05, 4.69) is 13.8 Å². The summed E-state index contributed by atoms with van der Waals surface area (Å²) >= 11 is 0. The van der Waals surface area contributed by atoms with E-state index >= 15 is 0 Å². The predicted molar refractivity (Wildman–Crippen MR) is 124 cm³/mol. The normalized spacial score (nSPS) is 10.9. The number of ether oxygens (including phenoxy) is 3. The molecule has 7 nitrogen and oxygen atoms in total. The summed E-state index contributed by atoms with van der Waals surface area (Å²) in [5.41, 5.74) is 3.91. The Morgan fingerprint density at radius 3 is 2.47 bits per heavy atom. The van der Waals surface area contributed by atoms with Crippen molar-refractivity contribution in [2.24, 2.45) is 5.92 Å². The van der Waals surface area contributed by atoms with Crippen LogP contribution in [0, 0.1) is 5.92 Å². The summed E-state index contributed by atoms with van der Waals surface area (Å²) in [5, 5.41) is 14.1. The number of benzene rings is 2. The lowest BCUT2D eigenvalue weighted by Crippen LogP contribution is -2.08. The number of carbonyl (C=O) groups is 1. The van der Waals surface area contributed by atoms with Crippen molar-refractivity contribution in [2.45, 2.75) is 33.7 Å². The van der Waals surface area contributed by atoms with Gasteiger partial charge in [-0.15, -0.1) is 0 Å². The molecule has 32 heavy (non-hydrogen) atoms. The van der Waals surface area contributed by atoms with E-state index in [1.165, 1.54) is 0 Å². The van der Waals surface area contributed by atoms with E-state index in [0.29, 0.717) is 47.6 Å². The summed E-state index contributed by atoms with van der Waals surface area (Å²) in [6, 6.07) is 13.2. The Labute approximate surface area is 188 Å². The van der Waals surface area contributed by atoms with E-state index in [0.717, 1.165) is 16.8 Å². The number of hydrogen-bond acceptors (Lipinski definition) is 5. The molecule has 0 aliphatic carbocycles. The van der Waals surface area contributed by atoms with Gasteiger partial charge in [0, 0.05) is 17.7 Å². The topological polar surface area (TPSA) is 82.8 Å². The molecule has 0 fully saturated rings. The van der Waals surface area contributed by atoms with E-state index in [1.54, 1.807) is 20.3 Å². The molecule has 1 N–H and O–H groups in total. The molecule has 0 radical (unpaired) electrons. The minimum atomic E-state index is -0.882. The molecule has 0 aliphatic heterocycles. The second-order valence-corrected chi connectivity index (χ2v) is 7.87. The molecule has 0 saturated heterocycles. The lowest BCUT2D eigenvalue weighted by Gasteiger charge is -2.14. The number of para-hydroxylation sites is 1. The number of hydrogen-bond donors (Lipinski definition) is 1. The summed E-state index contributed by atoms with van der Waals surface area (Å²) in [5.74, 6) is 1.42. The molecule has 0 saturated carbocycles. The number of methoxy groups -OCH3 is 2. The van der Waals surface area contributed by atoms with Gasteiger partial charge < -0.3 is 19.3 Å². The first-order valence-electron chi connectivity index (χ1n) is 10.6. The van der Waals surface area contributed by atoms with Gasteiger partial charge in [0.2, 0.25) is 0 Å². The lowest BCUT2D eigenvalue weighted by molar-refractivity contribution is -0.136. The molecule has 2 aromatic carbocycles. The molecule has 0 spiro atoms. The average molecular weight is 439 g/mol. The van der Waals surface area contributed by atoms with E-state index in [4.69, 9.17) is 19.3 Å². The highest BCUT2D eigenvalue weighted by Gasteiger charge is 2.20. The Balaban J connectivity index is 2.20. The van der Waals surface area contributed by atoms with Gasteiger partial charge in [0.15, 0.2) is 11.5 Å². The highest BCUT2D eigenvalue weighted by molar-refractivity contribution is 5.78. The van der Waals surface area contributed by atoms with Crippen molar-refractivity contribution >= 4 is 5.97 Å². The smallest absolute Gasteiger partial charge is 0.307 e. The Morgan fingerprint density at radius 2 is 1.84 bits per heavy atom. The fraction of sp³-hybridized carbons (Fsp3) is 0.360. The Kier molecular flexibility index (Phi) is 7.41. The Morgan fingerprint density at radius 1 is 1.06 bits per heavy atom. The van der Waals surface area contributed by atoms with Crippen LogP contribution in [0.4, 0.5) is 0 Å². The molecule has 170 valence electrons. The van der Waals surface area contributed by atoms with Crippen molar-refractivity contribution < 1.29 is 24.1 Å². The highest BCUT2D eigenvalue weighted by atomic mass is 16.5. The zero-order chi connectivity index (χ0) is 23.3. The fourth-order valence-electron chi connectivity index (χ4n) is 3.68. The van der Waals surface area contributed by atoms with Crippen LogP contribution in [0.25, 0.3) is 22.5 Å². The summed E-state index contributed by atoms with van der Waals surface area (Å²) in [4.78, 5) is 11.2. The second kappa shape index (κ2) is 10.2. The summed E-state index contributed by atoms with van der Waals surface area (Å²) in [6.07, 6.45) is -0.0668. The predicted octanol–water partition coefficient (Wildman–Crippen LogP) is 4.92. The Bertz CT molecular complexity index is 1090. The molecule has 7 heteroatoms. The lowest BCUT2D eigenvalue weighted by atomic mass is 10.0. The number of rotatable bonds is 10. The van der Waals surface area contributed by atoms with Gasteiger partial charge in [0.1, 0.15) is 5.75 Å². The van der Waals surface area contributed by atoms with Gasteiger partial charge in [-0.2, -0.15) is 5.10 Å². The molecular formula is C25H30N2O5. The van der Waals surface area contributed by atoms with Crippen LogP contribution in [-0.2, 0) is 17.8 Å². The summed E-state index contributed by atoms with van der Waals surface area (Å²) < 4.78 is 18.9. The Hall–Kier alpha value is -3.48. The maximum Gasteiger partial charge on any atom is 0.307 e.